The van der Waals surface area contributed by atoms with Gasteiger partial charge in [-0.1, -0.05) is 30.3 Å². The van der Waals surface area contributed by atoms with Gasteiger partial charge in [-0.25, -0.2) is 0 Å². The summed E-state index contributed by atoms with van der Waals surface area (Å²) in [6.07, 6.45) is 2.08. The molecule has 0 atom stereocenters. The maximum Gasteiger partial charge on any atom is 0.0514 e. The summed E-state index contributed by atoms with van der Waals surface area (Å²) in [7, 11) is 0. The van der Waals surface area contributed by atoms with Gasteiger partial charge in [-0.15, -0.1) is 11.3 Å². The van der Waals surface area contributed by atoms with E-state index in [1.54, 1.807) is 0 Å². The molecule has 1 heterocycles. The Hall–Kier alpha value is -1.12. The minimum atomic E-state index is 0.808. The fourth-order valence-electron chi connectivity index (χ4n) is 1.77. The summed E-state index contributed by atoms with van der Waals surface area (Å²) < 4.78 is 5.37. The van der Waals surface area contributed by atoms with Crippen LogP contribution >= 0.6 is 11.3 Å². The molecule has 0 fully saturated rings. The van der Waals surface area contributed by atoms with E-state index >= 15 is 0 Å². The van der Waals surface area contributed by atoms with E-state index in [0.717, 1.165) is 26.1 Å². The second-order valence-corrected chi connectivity index (χ2v) is 5.23. The van der Waals surface area contributed by atoms with Crippen LogP contribution in [0.5, 0.6) is 0 Å². The zero-order chi connectivity index (χ0) is 11.9. The van der Waals surface area contributed by atoms with Gasteiger partial charge < -0.3 is 4.74 Å². The molecule has 2 aromatic rings. The third-order valence-corrected chi connectivity index (χ3v) is 3.78. The zero-order valence-electron chi connectivity index (χ0n) is 10.2. The molecule has 0 aliphatic heterocycles. The first-order chi connectivity index (χ1) is 8.38. The van der Waals surface area contributed by atoms with Gasteiger partial charge in [0.1, 0.15) is 0 Å². The van der Waals surface area contributed by atoms with E-state index in [1.165, 1.54) is 15.3 Å². The summed E-state index contributed by atoms with van der Waals surface area (Å²) in [5.74, 6) is 0. The molecule has 0 amide bonds. The van der Waals surface area contributed by atoms with Crippen LogP contribution in [-0.2, 0) is 17.6 Å². The highest BCUT2D eigenvalue weighted by molar-refractivity contribution is 7.12. The van der Waals surface area contributed by atoms with Gasteiger partial charge in [0.25, 0.3) is 0 Å². The summed E-state index contributed by atoms with van der Waals surface area (Å²) >= 11 is 1.90. The highest BCUT2D eigenvalue weighted by Crippen LogP contribution is 2.20. The van der Waals surface area contributed by atoms with Gasteiger partial charge in [-0.3, -0.25) is 0 Å². The second-order valence-electron chi connectivity index (χ2n) is 3.98. The molecule has 0 N–H and O–H groups in total. The Bertz CT molecular complexity index is 433. The van der Waals surface area contributed by atoms with E-state index in [2.05, 4.69) is 42.5 Å². The molecule has 0 saturated heterocycles. The van der Waals surface area contributed by atoms with Crippen LogP contribution in [0.15, 0.2) is 42.5 Å². The van der Waals surface area contributed by atoms with Gasteiger partial charge in [0.05, 0.1) is 6.61 Å². The van der Waals surface area contributed by atoms with Crippen molar-refractivity contribution in [2.24, 2.45) is 0 Å². The molecule has 1 nitrogen and oxygen atoms in total. The number of ether oxygens (including phenoxy) is 1. The Morgan fingerprint density at radius 1 is 1.00 bits per heavy atom. The zero-order valence-corrected chi connectivity index (χ0v) is 11.0. The number of hydrogen-bond donors (Lipinski definition) is 0. The van der Waals surface area contributed by atoms with Crippen molar-refractivity contribution in [2.75, 3.05) is 13.2 Å². The quantitative estimate of drug-likeness (QED) is 0.702. The molecule has 2 heteroatoms. The van der Waals surface area contributed by atoms with Crippen LogP contribution in [-0.4, -0.2) is 13.2 Å². The molecule has 0 saturated carbocycles. The van der Waals surface area contributed by atoms with Gasteiger partial charge in [-0.05, 0) is 24.6 Å². The van der Waals surface area contributed by atoms with Crippen LogP contribution in [0.4, 0.5) is 0 Å². The minimum absolute atomic E-state index is 0.808. The Morgan fingerprint density at radius 3 is 2.53 bits per heavy atom. The smallest absolute Gasteiger partial charge is 0.0514 e. The van der Waals surface area contributed by atoms with Crippen LogP contribution in [0.3, 0.4) is 0 Å². The number of hydrogen-bond acceptors (Lipinski definition) is 2. The predicted molar refractivity (Wildman–Crippen MR) is 73.8 cm³/mol. The van der Waals surface area contributed by atoms with Crippen molar-refractivity contribution in [3.63, 3.8) is 0 Å². The Kier molecular flexibility index (Phi) is 4.77. The molecular weight excluding hydrogens is 228 g/mol. The van der Waals surface area contributed by atoms with Crippen molar-refractivity contribution in [1.29, 1.82) is 0 Å². The van der Waals surface area contributed by atoms with Crippen LogP contribution in [0.25, 0.3) is 0 Å². The average molecular weight is 246 g/mol. The minimum Gasteiger partial charge on any atom is -0.381 e. The number of benzene rings is 1. The van der Waals surface area contributed by atoms with Gasteiger partial charge in [0, 0.05) is 29.2 Å². The second kappa shape index (κ2) is 6.58. The van der Waals surface area contributed by atoms with E-state index < -0.39 is 0 Å². The maximum absolute atomic E-state index is 5.37. The van der Waals surface area contributed by atoms with Crippen molar-refractivity contribution in [2.45, 2.75) is 19.8 Å². The number of rotatable bonds is 6. The monoisotopic (exact) mass is 246 g/mol. The summed E-state index contributed by atoms with van der Waals surface area (Å²) in [5, 5.41) is 0. The lowest BCUT2D eigenvalue weighted by atomic mass is 10.1. The molecule has 0 aliphatic rings. The highest BCUT2D eigenvalue weighted by Gasteiger charge is 2.01. The van der Waals surface area contributed by atoms with E-state index in [-0.39, 0.29) is 0 Å². The Balaban J connectivity index is 1.90. The van der Waals surface area contributed by atoms with Gasteiger partial charge in [-0.2, -0.15) is 0 Å². The largest absolute Gasteiger partial charge is 0.381 e. The van der Waals surface area contributed by atoms with E-state index in [9.17, 15) is 0 Å². The molecule has 1 aromatic heterocycles. The maximum atomic E-state index is 5.37. The number of thiophene rings is 1. The summed E-state index contributed by atoms with van der Waals surface area (Å²) in [6.45, 7) is 3.68. The van der Waals surface area contributed by atoms with Crippen LogP contribution in [0.1, 0.15) is 22.2 Å². The van der Waals surface area contributed by atoms with Gasteiger partial charge in [0.15, 0.2) is 0 Å². The van der Waals surface area contributed by atoms with E-state index in [1.807, 2.05) is 18.3 Å². The van der Waals surface area contributed by atoms with Crippen LogP contribution in [0, 0.1) is 0 Å². The SMILES string of the molecule is CCOCCc1ccc(Cc2ccccc2)s1. The summed E-state index contributed by atoms with van der Waals surface area (Å²) in [6, 6.07) is 15.1. The first-order valence-corrected chi connectivity index (χ1v) is 6.89. The molecule has 0 bridgehead atoms. The van der Waals surface area contributed by atoms with Gasteiger partial charge >= 0.3 is 0 Å². The molecule has 90 valence electrons. The molecule has 0 radical (unpaired) electrons. The third kappa shape index (κ3) is 3.99. The lowest BCUT2D eigenvalue weighted by Crippen LogP contribution is -1.95. The Labute approximate surface area is 107 Å². The average Bonchev–Trinajstić information content (AvgIpc) is 2.79. The van der Waals surface area contributed by atoms with Crippen LogP contribution in [0.2, 0.25) is 0 Å². The molecule has 17 heavy (non-hydrogen) atoms. The first kappa shape index (κ1) is 12.3. The first-order valence-electron chi connectivity index (χ1n) is 6.07. The van der Waals surface area contributed by atoms with E-state index in [0.29, 0.717) is 0 Å². The summed E-state index contributed by atoms with van der Waals surface area (Å²) in [4.78, 5) is 2.85. The lowest BCUT2D eigenvalue weighted by molar-refractivity contribution is 0.151. The molecule has 0 unspecified atom stereocenters. The third-order valence-electron chi connectivity index (χ3n) is 2.64. The molecule has 2 rings (SSSR count). The molecule has 1 aromatic carbocycles. The Morgan fingerprint density at radius 2 is 1.76 bits per heavy atom. The highest BCUT2D eigenvalue weighted by atomic mass is 32.1. The van der Waals surface area contributed by atoms with Crippen molar-refractivity contribution in [3.05, 3.63) is 57.8 Å². The van der Waals surface area contributed by atoms with Crippen molar-refractivity contribution in [3.8, 4) is 0 Å². The van der Waals surface area contributed by atoms with Crippen molar-refractivity contribution >= 4 is 11.3 Å². The standard InChI is InChI=1S/C15H18OS/c1-2-16-11-10-14-8-9-15(17-14)12-13-6-4-3-5-7-13/h3-9H,2,10-12H2,1H3. The molecule has 0 spiro atoms. The van der Waals surface area contributed by atoms with E-state index in [4.69, 9.17) is 4.74 Å². The van der Waals surface area contributed by atoms with Crippen molar-refractivity contribution < 1.29 is 4.74 Å². The normalized spacial score (nSPS) is 10.6. The van der Waals surface area contributed by atoms with Crippen LogP contribution < -0.4 is 0 Å². The topological polar surface area (TPSA) is 9.23 Å². The fourth-order valence-corrected chi connectivity index (χ4v) is 2.80. The van der Waals surface area contributed by atoms with Crippen molar-refractivity contribution in [1.82, 2.24) is 0 Å². The fraction of sp³-hybridized carbons (Fsp3) is 0.333. The lowest BCUT2D eigenvalue weighted by Gasteiger charge is -1.99. The predicted octanol–water partition coefficient (Wildman–Crippen LogP) is 3.92. The summed E-state index contributed by atoms with van der Waals surface area (Å²) in [5.41, 5.74) is 1.38. The van der Waals surface area contributed by atoms with Gasteiger partial charge in [0.2, 0.25) is 0 Å². The molecule has 0 aliphatic carbocycles. The molecular formula is C15H18OS.